The summed E-state index contributed by atoms with van der Waals surface area (Å²) < 4.78 is 30.6. The molecule has 10 nitrogen and oxygen atoms in total. The van der Waals surface area contributed by atoms with E-state index in [0.717, 1.165) is 36.4 Å². The smallest absolute Gasteiger partial charge is 0.497 e. The van der Waals surface area contributed by atoms with Crippen LogP contribution in [0.4, 0.5) is 9.59 Å². The molecular weight excluding hydrogens is 494 g/mol. The highest BCUT2D eigenvalue weighted by Crippen LogP contribution is 2.43. The van der Waals surface area contributed by atoms with E-state index >= 15 is 0 Å². The molecule has 0 fully saturated rings. The third kappa shape index (κ3) is 4.50. The van der Waals surface area contributed by atoms with Crippen molar-refractivity contribution in [3.8, 4) is 34.3 Å². The highest BCUT2D eigenvalue weighted by molar-refractivity contribution is 6.17. The lowest BCUT2D eigenvalue weighted by Crippen LogP contribution is -2.11. The van der Waals surface area contributed by atoms with E-state index in [1.807, 2.05) is 48.5 Å². The van der Waals surface area contributed by atoms with E-state index in [1.165, 1.54) is 12.1 Å². The van der Waals surface area contributed by atoms with E-state index in [-0.39, 0.29) is 28.6 Å². The van der Waals surface area contributed by atoms with Gasteiger partial charge in [0.15, 0.2) is 11.5 Å². The van der Waals surface area contributed by atoms with Crippen LogP contribution >= 0.6 is 0 Å². The number of ether oxygens (including phenoxy) is 6. The van der Waals surface area contributed by atoms with Crippen molar-refractivity contribution in [1.29, 1.82) is 0 Å². The lowest BCUT2D eigenvalue weighted by atomic mass is 10.0. The summed E-state index contributed by atoms with van der Waals surface area (Å²) in [6.45, 7) is 0. The quantitative estimate of drug-likeness (QED) is 0.201. The zero-order chi connectivity index (χ0) is 26.8. The maximum Gasteiger partial charge on any atom is 0.513 e. The first-order valence-electron chi connectivity index (χ1n) is 11.3. The van der Waals surface area contributed by atoms with Gasteiger partial charge in [0.05, 0.1) is 27.0 Å². The van der Waals surface area contributed by atoms with E-state index in [0.29, 0.717) is 11.3 Å². The maximum absolute atomic E-state index is 13.5. The van der Waals surface area contributed by atoms with Crippen LogP contribution in [0.3, 0.4) is 0 Å². The Kier molecular flexibility index (Phi) is 6.44. The number of Topliss-reactive ketones (excluding diaryl/α,β-unsaturated/α-hetero) is 1. The molecule has 0 atom stereocenters. The van der Waals surface area contributed by atoms with Gasteiger partial charge in [-0.1, -0.05) is 30.3 Å². The molecule has 0 spiro atoms. The third-order valence-corrected chi connectivity index (χ3v) is 5.82. The van der Waals surface area contributed by atoms with Gasteiger partial charge in [0.25, 0.3) is 0 Å². The first-order chi connectivity index (χ1) is 18.4. The molecule has 4 aromatic rings. The SMILES string of the molecule is COC(=O)Oc1cc(OC(=O)OC)c2c(c1)O/C(=C\c1c(-c3ccccc3)[nH]c3ccc(OC)cc13)C2=O. The number of allylic oxidation sites excluding steroid dienone is 1. The molecule has 1 aliphatic heterocycles. The van der Waals surface area contributed by atoms with Crippen LogP contribution in [0, 0.1) is 0 Å². The molecule has 2 heterocycles. The van der Waals surface area contributed by atoms with Gasteiger partial charge in [-0.15, -0.1) is 0 Å². The van der Waals surface area contributed by atoms with Crippen molar-refractivity contribution in [3.05, 3.63) is 77.5 Å². The Hall–Kier alpha value is -5.25. The fourth-order valence-corrected chi connectivity index (χ4v) is 4.09. The molecule has 0 aliphatic carbocycles. The van der Waals surface area contributed by atoms with Gasteiger partial charge in [-0.3, -0.25) is 4.79 Å². The zero-order valence-corrected chi connectivity index (χ0v) is 20.5. The number of benzene rings is 3. The molecule has 0 bridgehead atoms. The minimum atomic E-state index is -1.07. The highest BCUT2D eigenvalue weighted by Gasteiger charge is 2.34. The van der Waals surface area contributed by atoms with Crippen LogP contribution in [-0.2, 0) is 9.47 Å². The van der Waals surface area contributed by atoms with Crippen LogP contribution in [0.25, 0.3) is 28.2 Å². The van der Waals surface area contributed by atoms with E-state index < -0.39 is 18.1 Å². The molecule has 0 saturated heterocycles. The number of hydrogen-bond donors (Lipinski definition) is 1. The number of ketones is 1. The minimum Gasteiger partial charge on any atom is -0.497 e. The van der Waals surface area contributed by atoms with Gasteiger partial charge in [-0.05, 0) is 29.8 Å². The summed E-state index contributed by atoms with van der Waals surface area (Å²) in [7, 11) is 3.83. The predicted octanol–water partition coefficient (Wildman–Crippen LogP) is 5.75. The molecule has 0 unspecified atom stereocenters. The second kappa shape index (κ2) is 10.0. The normalized spacial score (nSPS) is 13.1. The number of rotatable bonds is 5. The van der Waals surface area contributed by atoms with Crippen LogP contribution in [0.15, 0.2) is 66.4 Å². The Balaban J connectivity index is 1.65. The zero-order valence-electron chi connectivity index (χ0n) is 20.5. The van der Waals surface area contributed by atoms with E-state index in [4.69, 9.17) is 18.9 Å². The van der Waals surface area contributed by atoms with Crippen molar-refractivity contribution in [2.45, 2.75) is 0 Å². The minimum absolute atomic E-state index is 0.0280. The maximum atomic E-state index is 13.5. The molecule has 5 rings (SSSR count). The second-order valence-corrected chi connectivity index (χ2v) is 8.04. The van der Waals surface area contributed by atoms with Gasteiger partial charge in [-0.25, -0.2) is 9.59 Å². The first-order valence-corrected chi connectivity index (χ1v) is 11.3. The standard InChI is InChI=1S/C28H21NO9/c1-33-16-9-10-20-18(11-16)19(25(29-20)15-7-5-4-6-8-15)14-23-26(30)24-21(37-23)12-17(36-27(31)34-2)13-22(24)38-28(32)35-3/h4-14,29H,1-3H3/b23-14-. The Morgan fingerprint density at radius 2 is 1.61 bits per heavy atom. The van der Waals surface area contributed by atoms with Gasteiger partial charge >= 0.3 is 12.3 Å². The van der Waals surface area contributed by atoms with E-state index in [9.17, 15) is 14.4 Å². The van der Waals surface area contributed by atoms with Gasteiger partial charge in [0.2, 0.25) is 5.78 Å². The summed E-state index contributed by atoms with van der Waals surface area (Å²) >= 11 is 0. The number of methoxy groups -OCH3 is 3. The van der Waals surface area contributed by atoms with Gasteiger partial charge < -0.3 is 33.4 Å². The number of nitrogens with one attached hydrogen (secondary N) is 1. The Labute approximate surface area is 216 Å². The number of carbonyl (C=O) groups is 3. The Morgan fingerprint density at radius 3 is 2.32 bits per heavy atom. The average molecular weight is 515 g/mol. The molecule has 0 radical (unpaired) electrons. The number of aromatic amines is 1. The van der Waals surface area contributed by atoms with E-state index in [2.05, 4.69) is 14.5 Å². The molecule has 1 aliphatic rings. The van der Waals surface area contributed by atoms with Crippen LogP contribution in [0.1, 0.15) is 15.9 Å². The first kappa shape index (κ1) is 24.4. The molecule has 192 valence electrons. The summed E-state index contributed by atoms with van der Waals surface area (Å²) in [6, 6.07) is 17.7. The van der Waals surface area contributed by atoms with Crippen molar-refractivity contribution in [2.24, 2.45) is 0 Å². The summed E-state index contributed by atoms with van der Waals surface area (Å²) in [6.07, 6.45) is -0.469. The molecular formula is C28H21NO9. The van der Waals surface area contributed by atoms with Crippen LogP contribution in [0.2, 0.25) is 0 Å². The monoisotopic (exact) mass is 515 g/mol. The van der Waals surface area contributed by atoms with Crippen molar-refractivity contribution in [2.75, 3.05) is 21.3 Å². The number of aromatic nitrogens is 1. The molecule has 0 amide bonds. The third-order valence-electron chi connectivity index (χ3n) is 5.82. The molecule has 1 aromatic heterocycles. The number of fused-ring (bicyclic) bond motifs is 2. The largest absolute Gasteiger partial charge is 0.513 e. The van der Waals surface area contributed by atoms with Crippen LogP contribution < -0.4 is 18.9 Å². The number of carbonyl (C=O) groups excluding carboxylic acids is 3. The average Bonchev–Trinajstić information content (AvgIpc) is 3.45. The number of H-pyrrole nitrogens is 1. The van der Waals surface area contributed by atoms with Crippen LogP contribution in [-0.4, -0.2) is 44.4 Å². The van der Waals surface area contributed by atoms with Crippen molar-refractivity contribution < 1.29 is 42.8 Å². The lowest BCUT2D eigenvalue weighted by molar-refractivity contribution is 0.101. The number of hydrogen-bond acceptors (Lipinski definition) is 9. The topological polar surface area (TPSA) is 122 Å². The fraction of sp³-hybridized carbons (Fsp3) is 0.107. The van der Waals surface area contributed by atoms with Gasteiger partial charge in [0.1, 0.15) is 22.8 Å². The predicted molar refractivity (Wildman–Crippen MR) is 136 cm³/mol. The summed E-state index contributed by atoms with van der Waals surface area (Å²) in [5.41, 5.74) is 3.12. The Morgan fingerprint density at radius 1 is 0.868 bits per heavy atom. The van der Waals surface area contributed by atoms with Crippen molar-refractivity contribution in [1.82, 2.24) is 4.98 Å². The molecule has 0 saturated carbocycles. The molecule has 1 N–H and O–H groups in total. The van der Waals surface area contributed by atoms with Gasteiger partial charge in [-0.2, -0.15) is 0 Å². The summed E-state index contributed by atoms with van der Waals surface area (Å²) in [5.74, 6) is -0.183. The lowest BCUT2D eigenvalue weighted by Gasteiger charge is -2.09. The molecule has 10 heteroatoms. The fourth-order valence-electron chi connectivity index (χ4n) is 4.09. The van der Waals surface area contributed by atoms with Crippen molar-refractivity contribution >= 4 is 35.1 Å². The highest BCUT2D eigenvalue weighted by atomic mass is 16.7. The van der Waals surface area contributed by atoms with E-state index in [1.54, 1.807) is 13.2 Å². The molecule has 3 aromatic carbocycles. The Bertz CT molecular complexity index is 1600. The molecule has 38 heavy (non-hydrogen) atoms. The van der Waals surface area contributed by atoms with Gasteiger partial charge in [0, 0.05) is 28.6 Å². The van der Waals surface area contributed by atoms with Crippen molar-refractivity contribution in [3.63, 3.8) is 0 Å². The van der Waals surface area contributed by atoms with Crippen LogP contribution in [0.5, 0.6) is 23.0 Å². The summed E-state index contributed by atoms with van der Waals surface area (Å²) in [5, 5.41) is 0.795. The summed E-state index contributed by atoms with van der Waals surface area (Å²) in [4.78, 5) is 40.4. The second-order valence-electron chi connectivity index (χ2n) is 8.04.